The summed E-state index contributed by atoms with van der Waals surface area (Å²) in [7, 11) is 0. The van der Waals surface area contributed by atoms with Crippen molar-refractivity contribution in [2.45, 2.75) is 6.54 Å². The van der Waals surface area contributed by atoms with Crippen LogP contribution < -0.4 is 11.5 Å². The van der Waals surface area contributed by atoms with Crippen LogP contribution in [0.4, 0.5) is 11.6 Å². The highest BCUT2D eigenvalue weighted by Crippen LogP contribution is 2.22. The lowest BCUT2D eigenvalue weighted by Gasteiger charge is -2.07. The molecule has 0 saturated heterocycles. The van der Waals surface area contributed by atoms with Crippen molar-refractivity contribution in [1.29, 1.82) is 0 Å². The maximum Gasteiger partial charge on any atom is 0.224 e. The predicted molar refractivity (Wildman–Crippen MR) is 91.8 cm³/mol. The normalized spacial score (nSPS) is 11.2. The molecule has 4 aromatic rings. The number of nitrogen functional groups attached to an aromatic ring is 2. The number of anilines is 2. The second-order valence-electron chi connectivity index (χ2n) is 5.26. The quantitative estimate of drug-likeness (QED) is 0.550. The van der Waals surface area contributed by atoms with E-state index in [0.717, 1.165) is 5.56 Å². The third kappa shape index (κ3) is 2.42. The van der Waals surface area contributed by atoms with Gasteiger partial charge in [0.15, 0.2) is 17.0 Å². The van der Waals surface area contributed by atoms with Crippen LogP contribution in [0.2, 0.25) is 5.02 Å². The zero-order valence-electron chi connectivity index (χ0n) is 12.5. The van der Waals surface area contributed by atoms with Crippen LogP contribution in [0.25, 0.3) is 17.0 Å². The molecule has 8 nitrogen and oxygen atoms in total. The van der Waals surface area contributed by atoms with Crippen molar-refractivity contribution < 1.29 is 0 Å². The number of imidazole rings is 1. The first-order valence-electron chi connectivity index (χ1n) is 7.14. The Balaban J connectivity index is 1.81. The predicted octanol–water partition coefficient (Wildman–Crippen LogP) is 1.88. The fraction of sp³-hybridized carbons (Fsp3) is 0.0667. The molecule has 0 atom stereocenters. The van der Waals surface area contributed by atoms with Gasteiger partial charge in [-0.25, -0.2) is 9.67 Å². The number of halogens is 1. The van der Waals surface area contributed by atoms with Gasteiger partial charge in [-0.05, 0) is 23.8 Å². The van der Waals surface area contributed by atoms with Gasteiger partial charge >= 0.3 is 0 Å². The van der Waals surface area contributed by atoms with Crippen molar-refractivity contribution in [3.8, 4) is 5.82 Å². The zero-order chi connectivity index (χ0) is 16.7. The molecule has 9 heteroatoms. The van der Waals surface area contributed by atoms with Crippen molar-refractivity contribution in [2.24, 2.45) is 0 Å². The molecule has 0 unspecified atom stereocenters. The summed E-state index contributed by atoms with van der Waals surface area (Å²) in [5.41, 5.74) is 14.4. The molecular weight excluding hydrogens is 328 g/mol. The van der Waals surface area contributed by atoms with E-state index >= 15 is 0 Å². The highest BCUT2D eigenvalue weighted by molar-refractivity contribution is 6.33. The van der Waals surface area contributed by atoms with Gasteiger partial charge in [0.25, 0.3) is 0 Å². The number of fused-ring (bicyclic) bond motifs is 1. The fourth-order valence-corrected chi connectivity index (χ4v) is 2.68. The Kier molecular flexibility index (Phi) is 3.31. The highest BCUT2D eigenvalue weighted by atomic mass is 35.5. The van der Waals surface area contributed by atoms with Crippen LogP contribution in [-0.2, 0) is 6.54 Å². The number of rotatable bonds is 3. The van der Waals surface area contributed by atoms with Crippen molar-refractivity contribution in [2.75, 3.05) is 11.5 Å². The molecule has 24 heavy (non-hydrogen) atoms. The summed E-state index contributed by atoms with van der Waals surface area (Å²) in [5, 5.41) is 4.70. The molecule has 0 aliphatic rings. The fourth-order valence-electron chi connectivity index (χ4n) is 2.48. The summed E-state index contributed by atoms with van der Waals surface area (Å²) >= 11 is 6.08. The minimum absolute atomic E-state index is 0.157. The van der Waals surface area contributed by atoms with Gasteiger partial charge in [-0.15, -0.1) is 0 Å². The van der Waals surface area contributed by atoms with Crippen LogP contribution in [0.1, 0.15) is 5.56 Å². The van der Waals surface area contributed by atoms with Gasteiger partial charge in [-0.1, -0.05) is 17.7 Å². The first-order chi connectivity index (χ1) is 11.6. The third-order valence-electron chi connectivity index (χ3n) is 3.60. The lowest BCUT2D eigenvalue weighted by molar-refractivity contribution is 0.812. The molecule has 0 aliphatic heterocycles. The number of nitrogens with two attached hydrogens (primary N) is 2. The van der Waals surface area contributed by atoms with Crippen molar-refractivity contribution in [3.63, 3.8) is 0 Å². The first kappa shape index (κ1) is 14.5. The number of aromatic nitrogens is 6. The second kappa shape index (κ2) is 5.50. The molecule has 0 saturated carbocycles. The topological polar surface area (TPSA) is 113 Å². The maximum absolute atomic E-state index is 6.08. The van der Waals surface area contributed by atoms with Crippen molar-refractivity contribution in [1.82, 2.24) is 29.3 Å². The summed E-state index contributed by atoms with van der Waals surface area (Å²) in [6.07, 6.45) is 5.13. The van der Waals surface area contributed by atoms with E-state index < -0.39 is 0 Å². The van der Waals surface area contributed by atoms with Crippen molar-refractivity contribution in [3.05, 3.63) is 53.6 Å². The Morgan fingerprint density at radius 3 is 2.79 bits per heavy atom. The molecule has 120 valence electrons. The second-order valence-corrected chi connectivity index (χ2v) is 5.66. The van der Waals surface area contributed by atoms with E-state index in [4.69, 9.17) is 23.1 Å². The Morgan fingerprint density at radius 1 is 1.17 bits per heavy atom. The minimum atomic E-state index is 0.157. The first-order valence-corrected chi connectivity index (χ1v) is 7.52. The number of hydrogen-bond donors (Lipinski definition) is 2. The maximum atomic E-state index is 6.08. The van der Waals surface area contributed by atoms with Gasteiger partial charge in [0.2, 0.25) is 5.95 Å². The summed E-state index contributed by atoms with van der Waals surface area (Å²) in [5.74, 6) is 0.696. The van der Waals surface area contributed by atoms with Gasteiger partial charge in [0.1, 0.15) is 0 Å². The molecular formula is C15H13ClN8. The molecule has 0 spiro atoms. The molecule has 0 amide bonds. The molecule has 4 rings (SSSR count). The van der Waals surface area contributed by atoms with Gasteiger partial charge in [-0.2, -0.15) is 15.1 Å². The average Bonchev–Trinajstić information content (AvgIpc) is 3.21. The van der Waals surface area contributed by atoms with E-state index in [0.29, 0.717) is 34.2 Å². The van der Waals surface area contributed by atoms with Gasteiger partial charge in [-0.3, -0.25) is 0 Å². The van der Waals surface area contributed by atoms with E-state index in [2.05, 4.69) is 20.1 Å². The molecule has 4 N–H and O–H groups in total. The standard InChI is InChI=1S/C15H13ClN8/c16-10-6-9(2-3-11(10)17)7-23-8-19-12-13(23)21-15(18)22-14(12)24-5-1-4-20-24/h1-6,8H,7,17H2,(H2,18,21,22). The molecule has 1 aromatic carbocycles. The van der Waals surface area contributed by atoms with Gasteiger partial charge in [0.05, 0.1) is 23.6 Å². The van der Waals surface area contributed by atoms with Gasteiger partial charge in [0, 0.05) is 12.4 Å². The van der Waals surface area contributed by atoms with Crippen LogP contribution in [0.5, 0.6) is 0 Å². The van der Waals surface area contributed by atoms with Crippen LogP contribution in [0.15, 0.2) is 43.0 Å². The van der Waals surface area contributed by atoms with E-state index in [1.165, 1.54) is 0 Å². The van der Waals surface area contributed by atoms with Crippen LogP contribution >= 0.6 is 11.6 Å². The smallest absolute Gasteiger partial charge is 0.224 e. The number of hydrogen-bond acceptors (Lipinski definition) is 6. The monoisotopic (exact) mass is 340 g/mol. The lowest BCUT2D eigenvalue weighted by Crippen LogP contribution is -2.06. The summed E-state index contributed by atoms with van der Waals surface area (Å²) in [6, 6.07) is 7.31. The van der Waals surface area contributed by atoms with Gasteiger partial charge < -0.3 is 16.0 Å². The molecule has 0 bridgehead atoms. The average molecular weight is 341 g/mol. The van der Waals surface area contributed by atoms with E-state index in [1.807, 2.05) is 16.7 Å². The zero-order valence-corrected chi connectivity index (χ0v) is 13.2. The lowest BCUT2D eigenvalue weighted by atomic mass is 10.2. The Bertz CT molecular complexity index is 1020. The van der Waals surface area contributed by atoms with E-state index in [1.54, 1.807) is 35.5 Å². The SMILES string of the molecule is Nc1nc(-n2cccn2)c2ncn(Cc3ccc(N)c(Cl)c3)c2n1. The largest absolute Gasteiger partial charge is 0.398 e. The summed E-state index contributed by atoms with van der Waals surface area (Å²) in [6.45, 7) is 0.533. The Morgan fingerprint density at radius 2 is 2.04 bits per heavy atom. The Labute approximate surface area is 141 Å². The minimum Gasteiger partial charge on any atom is -0.398 e. The van der Waals surface area contributed by atoms with Crippen LogP contribution in [0, 0.1) is 0 Å². The van der Waals surface area contributed by atoms with E-state index in [-0.39, 0.29) is 5.95 Å². The molecule has 0 aliphatic carbocycles. The molecule has 0 fully saturated rings. The van der Waals surface area contributed by atoms with E-state index in [9.17, 15) is 0 Å². The third-order valence-corrected chi connectivity index (χ3v) is 3.93. The number of benzene rings is 1. The molecule has 3 aromatic heterocycles. The summed E-state index contributed by atoms with van der Waals surface area (Å²) in [4.78, 5) is 13.0. The Hall–Kier alpha value is -3.13. The highest BCUT2D eigenvalue weighted by Gasteiger charge is 2.14. The summed E-state index contributed by atoms with van der Waals surface area (Å²) < 4.78 is 3.49. The van der Waals surface area contributed by atoms with Crippen LogP contribution in [0.3, 0.4) is 0 Å². The molecule has 3 heterocycles. The van der Waals surface area contributed by atoms with Crippen molar-refractivity contribution >= 4 is 34.4 Å². The number of nitrogens with zero attached hydrogens (tertiary/aromatic N) is 6. The van der Waals surface area contributed by atoms with Crippen LogP contribution in [-0.4, -0.2) is 29.3 Å². The molecule has 0 radical (unpaired) electrons.